The molecule has 1 saturated heterocycles. The van der Waals surface area contributed by atoms with Crippen molar-refractivity contribution in [2.75, 3.05) is 24.7 Å². The van der Waals surface area contributed by atoms with Gasteiger partial charge in [0.2, 0.25) is 5.91 Å². The van der Waals surface area contributed by atoms with E-state index in [0.717, 1.165) is 41.3 Å². The highest BCUT2D eigenvalue weighted by Crippen LogP contribution is 2.34. The second kappa shape index (κ2) is 5.48. The van der Waals surface area contributed by atoms with E-state index in [-0.39, 0.29) is 11.8 Å². The summed E-state index contributed by atoms with van der Waals surface area (Å²) in [6.45, 7) is 4.08. The highest BCUT2D eigenvalue weighted by atomic mass is 32.1. The molecule has 0 saturated carbocycles. The third-order valence-corrected chi connectivity index (χ3v) is 5.21. The van der Waals surface area contributed by atoms with Crippen molar-refractivity contribution in [3.05, 3.63) is 34.2 Å². The van der Waals surface area contributed by atoms with Crippen molar-refractivity contribution >= 4 is 22.9 Å². The normalized spacial score (nSPS) is 20.4. The van der Waals surface area contributed by atoms with Gasteiger partial charge in [0.15, 0.2) is 0 Å². The Hall–Kier alpha value is -1.72. The van der Waals surface area contributed by atoms with Crippen molar-refractivity contribution in [1.29, 1.82) is 0 Å². The molecule has 1 aromatic heterocycles. The molecule has 2 aromatic rings. The monoisotopic (exact) mass is 314 g/mol. The number of rotatable bonds is 2. The maximum atomic E-state index is 12.6. The van der Waals surface area contributed by atoms with Crippen LogP contribution in [0, 0.1) is 12.8 Å². The van der Waals surface area contributed by atoms with Gasteiger partial charge in [-0.25, -0.2) is 4.98 Å². The number of thiazole rings is 1. The molecule has 0 bridgehead atoms. The van der Waals surface area contributed by atoms with Gasteiger partial charge in [0.05, 0.1) is 23.2 Å². The van der Waals surface area contributed by atoms with E-state index < -0.39 is 0 Å². The van der Waals surface area contributed by atoms with Gasteiger partial charge in [0.25, 0.3) is 0 Å². The quantitative estimate of drug-likeness (QED) is 0.855. The third kappa shape index (κ3) is 2.34. The van der Waals surface area contributed by atoms with E-state index in [1.165, 1.54) is 5.56 Å². The zero-order chi connectivity index (χ0) is 15.1. The number of aryl methyl sites for hydroxylation is 1. The predicted octanol–water partition coefficient (Wildman–Crippen LogP) is 3.04. The Kier molecular flexibility index (Phi) is 3.47. The first-order valence-electron chi connectivity index (χ1n) is 7.67. The van der Waals surface area contributed by atoms with Gasteiger partial charge >= 0.3 is 0 Å². The topological polar surface area (TPSA) is 42.4 Å². The van der Waals surface area contributed by atoms with Crippen molar-refractivity contribution < 1.29 is 9.53 Å². The van der Waals surface area contributed by atoms with Crippen LogP contribution >= 0.6 is 11.3 Å². The number of carbonyl (C=O) groups is 1. The van der Waals surface area contributed by atoms with Crippen LogP contribution in [0.4, 0.5) is 5.69 Å². The summed E-state index contributed by atoms with van der Waals surface area (Å²) in [6, 6.07) is 6.33. The molecule has 2 aliphatic heterocycles. The molecule has 4 nitrogen and oxygen atoms in total. The Balaban J connectivity index is 1.61. The Bertz CT molecular complexity index is 719. The molecule has 22 heavy (non-hydrogen) atoms. The third-order valence-electron chi connectivity index (χ3n) is 4.43. The molecule has 1 unspecified atom stereocenters. The molecule has 4 rings (SSSR count). The fourth-order valence-electron chi connectivity index (χ4n) is 3.24. The number of aromatic nitrogens is 1. The van der Waals surface area contributed by atoms with E-state index >= 15 is 0 Å². The molecule has 3 heterocycles. The largest absolute Gasteiger partial charge is 0.381 e. The smallest absolute Gasteiger partial charge is 0.232 e. The number of fused-ring (bicyclic) bond motifs is 1. The van der Waals surface area contributed by atoms with Crippen molar-refractivity contribution in [3.8, 4) is 11.3 Å². The number of anilines is 1. The molecule has 2 aliphatic rings. The zero-order valence-corrected chi connectivity index (χ0v) is 13.4. The first-order chi connectivity index (χ1) is 10.7. The summed E-state index contributed by atoms with van der Waals surface area (Å²) in [4.78, 5) is 19.1. The first-order valence-corrected chi connectivity index (χ1v) is 8.55. The lowest BCUT2D eigenvalue weighted by Crippen LogP contribution is -2.35. The molecule has 1 amide bonds. The van der Waals surface area contributed by atoms with E-state index in [4.69, 9.17) is 4.74 Å². The Morgan fingerprint density at radius 2 is 2.36 bits per heavy atom. The Labute approximate surface area is 133 Å². The number of benzene rings is 1. The lowest BCUT2D eigenvalue weighted by atomic mass is 10.1. The molecule has 0 N–H and O–H groups in total. The summed E-state index contributed by atoms with van der Waals surface area (Å²) < 4.78 is 5.35. The standard InChI is InChI=1S/C17H18N2O2S/c1-11-18-15(10-22-11)12-2-3-16-13(8-12)4-6-19(16)17(20)14-5-7-21-9-14/h2-3,8,10,14H,4-7,9H2,1H3. The summed E-state index contributed by atoms with van der Waals surface area (Å²) >= 11 is 1.67. The fourth-order valence-corrected chi connectivity index (χ4v) is 3.86. The van der Waals surface area contributed by atoms with Crippen molar-refractivity contribution in [2.45, 2.75) is 19.8 Å². The van der Waals surface area contributed by atoms with E-state index in [2.05, 4.69) is 28.6 Å². The SMILES string of the molecule is Cc1nc(-c2ccc3c(c2)CCN3C(=O)C2CCOC2)cs1. The second-order valence-electron chi connectivity index (χ2n) is 5.90. The van der Waals surface area contributed by atoms with Gasteiger partial charge in [-0.15, -0.1) is 11.3 Å². The summed E-state index contributed by atoms with van der Waals surface area (Å²) in [6.07, 6.45) is 1.77. The van der Waals surface area contributed by atoms with E-state index in [1.54, 1.807) is 11.3 Å². The summed E-state index contributed by atoms with van der Waals surface area (Å²) in [5, 5.41) is 3.17. The van der Waals surface area contributed by atoms with Gasteiger partial charge in [0, 0.05) is 29.8 Å². The number of amides is 1. The molecule has 1 aromatic carbocycles. The van der Waals surface area contributed by atoms with Crippen LogP contribution < -0.4 is 4.90 Å². The van der Waals surface area contributed by atoms with Crippen LogP contribution in [0.15, 0.2) is 23.6 Å². The average Bonchev–Trinajstić information content (AvgIpc) is 3.26. The van der Waals surface area contributed by atoms with Gasteiger partial charge < -0.3 is 9.64 Å². The number of hydrogen-bond acceptors (Lipinski definition) is 4. The minimum Gasteiger partial charge on any atom is -0.381 e. The van der Waals surface area contributed by atoms with Gasteiger partial charge in [0.1, 0.15) is 0 Å². The summed E-state index contributed by atoms with van der Waals surface area (Å²) in [5.74, 6) is 0.250. The Morgan fingerprint density at radius 1 is 1.45 bits per heavy atom. The van der Waals surface area contributed by atoms with Crippen LogP contribution in [0.5, 0.6) is 0 Å². The highest BCUT2D eigenvalue weighted by Gasteiger charge is 2.32. The van der Waals surface area contributed by atoms with E-state index in [0.29, 0.717) is 13.2 Å². The lowest BCUT2D eigenvalue weighted by Gasteiger charge is -2.20. The Morgan fingerprint density at radius 3 is 3.09 bits per heavy atom. The molecule has 1 atom stereocenters. The molecule has 0 spiro atoms. The minimum absolute atomic E-state index is 0.0341. The van der Waals surface area contributed by atoms with E-state index in [1.807, 2.05) is 11.8 Å². The average molecular weight is 314 g/mol. The fraction of sp³-hybridized carbons (Fsp3) is 0.412. The second-order valence-corrected chi connectivity index (χ2v) is 6.96. The summed E-state index contributed by atoms with van der Waals surface area (Å²) in [7, 11) is 0. The molecule has 0 aliphatic carbocycles. The number of hydrogen-bond donors (Lipinski definition) is 0. The number of nitrogens with zero attached hydrogens (tertiary/aromatic N) is 2. The van der Waals surface area contributed by atoms with Crippen LogP contribution in [0.1, 0.15) is 17.0 Å². The molecule has 5 heteroatoms. The maximum absolute atomic E-state index is 12.6. The number of ether oxygens (including phenoxy) is 1. The molecule has 1 fully saturated rings. The van der Waals surface area contributed by atoms with Crippen molar-refractivity contribution in [1.82, 2.24) is 4.98 Å². The zero-order valence-electron chi connectivity index (χ0n) is 12.5. The van der Waals surface area contributed by atoms with Crippen LogP contribution in [0.2, 0.25) is 0 Å². The van der Waals surface area contributed by atoms with Crippen LogP contribution in [-0.2, 0) is 16.0 Å². The lowest BCUT2D eigenvalue weighted by molar-refractivity contribution is -0.122. The summed E-state index contributed by atoms with van der Waals surface area (Å²) in [5.41, 5.74) is 4.48. The van der Waals surface area contributed by atoms with Crippen molar-refractivity contribution in [3.63, 3.8) is 0 Å². The van der Waals surface area contributed by atoms with Gasteiger partial charge in [-0.05, 0) is 37.5 Å². The van der Waals surface area contributed by atoms with Crippen LogP contribution in [-0.4, -0.2) is 30.6 Å². The van der Waals surface area contributed by atoms with Crippen LogP contribution in [0.25, 0.3) is 11.3 Å². The van der Waals surface area contributed by atoms with Crippen LogP contribution in [0.3, 0.4) is 0 Å². The minimum atomic E-state index is 0.0341. The van der Waals surface area contributed by atoms with Gasteiger partial charge in [-0.1, -0.05) is 6.07 Å². The molecule has 0 radical (unpaired) electrons. The van der Waals surface area contributed by atoms with Gasteiger partial charge in [-0.3, -0.25) is 4.79 Å². The molecular weight excluding hydrogens is 296 g/mol. The molecule has 114 valence electrons. The van der Waals surface area contributed by atoms with Crippen molar-refractivity contribution in [2.24, 2.45) is 5.92 Å². The first kappa shape index (κ1) is 13.9. The molecular formula is C17H18N2O2S. The highest BCUT2D eigenvalue weighted by molar-refractivity contribution is 7.09. The van der Waals surface area contributed by atoms with E-state index in [9.17, 15) is 4.79 Å². The van der Waals surface area contributed by atoms with Gasteiger partial charge in [-0.2, -0.15) is 0 Å². The predicted molar refractivity (Wildman–Crippen MR) is 87.3 cm³/mol. The maximum Gasteiger partial charge on any atom is 0.232 e. The number of carbonyl (C=O) groups excluding carboxylic acids is 1.